The second-order valence-electron chi connectivity index (χ2n) is 4.79. The summed E-state index contributed by atoms with van der Waals surface area (Å²) in [6.07, 6.45) is -3.42. The Labute approximate surface area is 137 Å². The highest BCUT2D eigenvalue weighted by molar-refractivity contribution is 7.89. The van der Waals surface area contributed by atoms with Gasteiger partial charge in [0.15, 0.2) is 0 Å². The molecule has 10 heteroatoms. The molecule has 22 heavy (non-hydrogen) atoms. The largest absolute Gasteiger partial charge is 0.416 e. The molecular weight excluding hydrogens is 364 g/mol. The Morgan fingerprint density at radius 3 is 2.55 bits per heavy atom. The Bertz CT molecular complexity index is 638. The van der Waals surface area contributed by atoms with Crippen LogP contribution in [0, 0.1) is 0 Å². The molecule has 0 aliphatic carbocycles. The molecule has 2 N–H and O–H groups in total. The average Bonchev–Trinajstić information content (AvgIpc) is 2.86. The fraction of sp³-hybridized carbons (Fsp3) is 0.500. The van der Waals surface area contributed by atoms with Gasteiger partial charge in [-0.3, -0.25) is 0 Å². The van der Waals surface area contributed by atoms with Crippen LogP contribution < -0.4 is 5.73 Å². The Kier molecular flexibility index (Phi) is 6.14. The topological polar surface area (TPSA) is 63.4 Å². The molecule has 1 saturated heterocycles. The standard InChI is InChI=1S/C12H14ClF3N2O2S.ClH/c13-10-4-3-8(12(14,15)16)6-11(10)21(19,20)18-5-1-2-9(18)7-17;/h3-4,6,9H,1-2,5,7,17H2;1H. The van der Waals surface area contributed by atoms with Crippen molar-refractivity contribution in [2.45, 2.75) is 30.0 Å². The van der Waals surface area contributed by atoms with Gasteiger partial charge in [-0.25, -0.2) is 8.42 Å². The monoisotopic (exact) mass is 378 g/mol. The number of hydrogen-bond acceptors (Lipinski definition) is 3. The maximum Gasteiger partial charge on any atom is 0.416 e. The number of alkyl halides is 3. The Morgan fingerprint density at radius 1 is 1.36 bits per heavy atom. The van der Waals surface area contributed by atoms with Crippen LogP contribution in [0.4, 0.5) is 13.2 Å². The maximum atomic E-state index is 12.7. The summed E-state index contributed by atoms with van der Waals surface area (Å²) >= 11 is 5.80. The summed E-state index contributed by atoms with van der Waals surface area (Å²) < 4.78 is 64.4. The van der Waals surface area contributed by atoms with Crippen LogP contribution in [0.25, 0.3) is 0 Å². The number of benzene rings is 1. The van der Waals surface area contributed by atoms with E-state index in [0.29, 0.717) is 18.9 Å². The number of hydrogen-bond donors (Lipinski definition) is 1. The molecule has 126 valence electrons. The number of rotatable bonds is 3. The van der Waals surface area contributed by atoms with E-state index in [1.807, 2.05) is 0 Å². The van der Waals surface area contributed by atoms with E-state index in [9.17, 15) is 21.6 Å². The molecular formula is C12H15Cl2F3N2O2S. The van der Waals surface area contributed by atoms with E-state index in [-0.39, 0.29) is 30.5 Å². The quantitative estimate of drug-likeness (QED) is 0.879. The lowest BCUT2D eigenvalue weighted by Crippen LogP contribution is -2.40. The number of nitrogens with two attached hydrogens (primary N) is 1. The van der Waals surface area contributed by atoms with Crippen molar-refractivity contribution in [1.82, 2.24) is 4.31 Å². The normalized spacial score (nSPS) is 20.0. The molecule has 0 saturated carbocycles. The summed E-state index contributed by atoms with van der Waals surface area (Å²) in [6.45, 7) is 0.354. The minimum Gasteiger partial charge on any atom is -0.329 e. The van der Waals surface area contributed by atoms with Crippen molar-refractivity contribution in [3.05, 3.63) is 28.8 Å². The summed E-state index contributed by atoms with van der Waals surface area (Å²) in [7, 11) is -4.09. The van der Waals surface area contributed by atoms with E-state index in [1.54, 1.807) is 0 Å². The third-order valence-corrected chi connectivity index (χ3v) is 5.87. The van der Waals surface area contributed by atoms with Crippen molar-refractivity contribution in [3.63, 3.8) is 0 Å². The van der Waals surface area contributed by atoms with Crippen molar-refractivity contribution >= 4 is 34.0 Å². The molecule has 1 aliphatic rings. The molecule has 1 atom stereocenters. The number of halogens is 5. The van der Waals surface area contributed by atoms with E-state index in [1.165, 1.54) is 0 Å². The van der Waals surface area contributed by atoms with Crippen LogP contribution in [-0.2, 0) is 16.2 Å². The summed E-state index contributed by atoms with van der Waals surface area (Å²) in [5, 5.41) is -0.231. The molecule has 0 bridgehead atoms. The van der Waals surface area contributed by atoms with Crippen LogP contribution in [0.2, 0.25) is 5.02 Å². The van der Waals surface area contributed by atoms with E-state index >= 15 is 0 Å². The smallest absolute Gasteiger partial charge is 0.329 e. The summed E-state index contributed by atoms with van der Waals surface area (Å²) in [6, 6.07) is 1.88. The molecule has 0 aromatic heterocycles. The SMILES string of the molecule is Cl.NCC1CCCN1S(=O)(=O)c1cc(C(F)(F)F)ccc1Cl. The highest BCUT2D eigenvalue weighted by Crippen LogP contribution is 2.35. The Morgan fingerprint density at radius 2 is 2.00 bits per heavy atom. The second-order valence-corrected chi connectivity index (χ2v) is 7.06. The van der Waals surface area contributed by atoms with Gasteiger partial charge in [-0.2, -0.15) is 17.5 Å². The first-order chi connectivity index (χ1) is 9.67. The molecule has 1 aliphatic heterocycles. The van der Waals surface area contributed by atoms with Gasteiger partial charge in [-0.1, -0.05) is 11.6 Å². The van der Waals surface area contributed by atoms with E-state index in [4.69, 9.17) is 17.3 Å². The van der Waals surface area contributed by atoms with Gasteiger partial charge in [0.2, 0.25) is 10.0 Å². The lowest BCUT2D eigenvalue weighted by molar-refractivity contribution is -0.137. The fourth-order valence-electron chi connectivity index (χ4n) is 2.36. The molecule has 1 fully saturated rings. The lowest BCUT2D eigenvalue weighted by atomic mass is 10.2. The van der Waals surface area contributed by atoms with Crippen molar-refractivity contribution in [2.24, 2.45) is 5.73 Å². The molecule has 1 unspecified atom stereocenters. The van der Waals surface area contributed by atoms with Gasteiger partial charge in [0.05, 0.1) is 10.6 Å². The summed E-state index contributed by atoms with van der Waals surface area (Å²) in [5.74, 6) is 0. The molecule has 1 aromatic rings. The first-order valence-electron chi connectivity index (χ1n) is 6.26. The first-order valence-corrected chi connectivity index (χ1v) is 8.08. The highest BCUT2D eigenvalue weighted by Gasteiger charge is 2.38. The van der Waals surface area contributed by atoms with Gasteiger partial charge >= 0.3 is 6.18 Å². The van der Waals surface area contributed by atoms with E-state index < -0.39 is 32.7 Å². The number of nitrogens with zero attached hydrogens (tertiary/aromatic N) is 1. The third-order valence-electron chi connectivity index (χ3n) is 3.44. The molecule has 1 aromatic carbocycles. The van der Waals surface area contributed by atoms with E-state index in [0.717, 1.165) is 16.4 Å². The van der Waals surface area contributed by atoms with Crippen LogP contribution in [-0.4, -0.2) is 31.9 Å². The zero-order valence-electron chi connectivity index (χ0n) is 11.3. The second kappa shape index (κ2) is 6.92. The van der Waals surface area contributed by atoms with Gasteiger partial charge in [0.25, 0.3) is 0 Å². The zero-order chi connectivity index (χ0) is 15.8. The van der Waals surface area contributed by atoms with Crippen molar-refractivity contribution in [2.75, 3.05) is 13.1 Å². The van der Waals surface area contributed by atoms with Crippen LogP contribution in [0.5, 0.6) is 0 Å². The molecule has 2 rings (SSSR count). The zero-order valence-corrected chi connectivity index (χ0v) is 13.7. The first kappa shape index (κ1) is 19.5. The maximum absolute atomic E-state index is 12.7. The van der Waals surface area contributed by atoms with Crippen molar-refractivity contribution in [1.29, 1.82) is 0 Å². The van der Waals surface area contributed by atoms with Crippen LogP contribution >= 0.6 is 24.0 Å². The van der Waals surface area contributed by atoms with Gasteiger partial charge in [0.1, 0.15) is 4.90 Å². The lowest BCUT2D eigenvalue weighted by Gasteiger charge is -2.23. The molecule has 1 heterocycles. The molecule has 4 nitrogen and oxygen atoms in total. The van der Waals surface area contributed by atoms with Crippen LogP contribution in [0.15, 0.2) is 23.1 Å². The van der Waals surface area contributed by atoms with Gasteiger partial charge in [-0.15, -0.1) is 12.4 Å². The van der Waals surface area contributed by atoms with Crippen molar-refractivity contribution in [3.8, 4) is 0 Å². The molecule has 0 spiro atoms. The highest BCUT2D eigenvalue weighted by atomic mass is 35.5. The number of sulfonamides is 1. The minimum absolute atomic E-state index is 0. The molecule has 0 amide bonds. The summed E-state index contributed by atoms with van der Waals surface area (Å²) in [4.78, 5) is -0.528. The van der Waals surface area contributed by atoms with Crippen LogP contribution in [0.3, 0.4) is 0 Å². The average molecular weight is 379 g/mol. The van der Waals surface area contributed by atoms with Gasteiger partial charge < -0.3 is 5.73 Å². The summed E-state index contributed by atoms with van der Waals surface area (Å²) in [5.41, 5.74) is 4.47. The minimum atomic E-state index is -4.63. The third kappa shape index (κ3) is 3.68. The van der Waals surface area contributed by atoms with Gasteiger partial charge in [-0.05, 0) is 31.0 Å². The predicted octanol–water partition coefficient (Wildman–Crippen LogP) is 2.89. The van der Waals surface area contributed by atoms with Crippen LogP contribution in [0.1, 0.15) is 18.4 Å². The Hall–Kier alpha value is -0.540. The molecule has 0 radical (unpaired) electrons. The van der Waals surface area contributed by atoms with E-state index in [2.05, 4.69) is 0 Å². The predicted molar refractivity (Wildman–Crippen MR) is 79.7 cm³/mol. The van der Waals surface area contributed by atoms with Gasteiger partial charge in [0, 0.05) is 19.1 Å². The fourth-order valence-corrected chi connectivity index (χ4v) is 4.57. The van der Waals surface area contributed by atoms with Crippen molar-refractivity contribution < 1.29 is 21.6 Å². The Balaban J connectivity index is 0.00000242.